The van der Waals surface area contributed by atoms with Crippen LogP contribution < -0.4 is 10.1 Å². The Kier molecular flexibility index (Phi) is 3.89. The molecule has 0 heterocycles. The van der Waals surface area contributed by atoms with Crippen LogP contribution in [0.1, 0.15) is 26.2 Å². The summed E-state index contributed by atoms with van der Waals surface area (Å²) in [6.07, 6.45) is 2.32. The third-order valence-electron chi connectivity index (χ3n) is 2.69. The Labute approximate surface area is 106 Å². The molecule has 1 aliphatic rings. The van der Waals surface area contributed by atoms with E-state index in [-0.39, 0.29) is 5.91 Å². The molecule has 1 aromatic carbocycles. The largest absolute Gasteiger partial charge is 0.479 e. The van der Waals surface area contributed by atoms with Crippen molar-refractivity contribution in [2.45, 2.75) is 38.3 Å². The summed E-state index contributed by atoms with van der Waals surface area (Å²) in [6, 6.07) is 7.55. The normalized spacial score (nSPS) is 16.4. The minimum absolute atomic E-state index is 0.0464. The summed E-state index contributed by atoms with van der Waals surface area (Å²) in [6.45, 7) is 1.92. The second kappa shape index (κ2) is 5.41. The molecule has 1 unspecified atom stereocenters. The molecule has 0 spiro atoms. The Bertz CT molecular complexity index is 404. The average molecular weight is 254 g/mol. The Balaban J connectivity index is 1.98. The lowest BCUT2D eigenvalue weighted by molar-refractivity contribution is -0.128. The number of benzene rings is 1. The molecule has 0 saturated heterocycles. The van der Waals surface area contributed by atoms with E-state index in [1.807, 2.05) is 19.1 Å². The predicted molar refractivity (Wildman–Crippen MR) is 67.3 cm³/mol. The Morgan fingerprint density at radius 3 is 2.82 bits per heavy atom. The highest BCUT2D eigenvalue weighted by molar-refractivity contribution is 6.32. The minimum atomic E-state index is -0.463. The van der Waals surface area contributed by atoms with Crippen molar-refractivity contribution in [1.29, 1.82) is 0 Å². The van der Waals surface area contributed by atoms with Crippen LogP contribution in [0.25, 0.3) is 0 Å². The fourth-order valence-electron chi connectivity index (χ4n) is 1.54. The summed E-state index contributed by atoms with van der Waals surface area (Å²) in [5.41, 5.74) is 0. The van der Waals surface area contributed by atoms with Crippen LogP contribution in [0.4, 0.5) is 0 Å². The number of carbonyl (C=O) groups excluding carboxylic acids is 1. The number of hydrogen-bond donors (Lipinski definition) is 1. The average Bonchev–Trinajstić information content (AvgIpc) is 3.11. The summed E-state index contributed by atoms with van der Waals surface area (Å²) in [4.78, 5) is 11.9. The second-order valence-corrected chi connectivity index (χ2v) is 4.64. The highest BCUT2D eigenvalue weighted by Crippen LogP contribution is 2.25. The summed E-state index contributed by atoms with van der Waals surface area (Å²) in [7, 11) is 0. The van der Waals surface area contributed by atoms with Gasteiger partial charge >= 0.3 is 0 Å². The van der Waals surface area contributed by atoms with Crippen molar-refractivity contribution in [3.63, 3.8) is 0 Å². The number of ether oxygens (including phenoxy) is 1. The van der Waals surface area contributed by atoms with Gasteiger partial charge in [-0.05, 0) is 31.4 Å². The molecule has 4 heteroatoms. The molecule has 1 fully saturated rings. The zero-order valence-corrected chi connectivity index (χ0v) is 10.5. The number of halogens is 1. The van der Waals surface area contributed by atoms with Crippen molar-refractivity contribution in [2.75, 3.05) is 0 Å². The van der Waals surface area contributed by atoms with Crippen molar-refractivity contribution in [2.24, 2.45) is 0 Å². The molecule has 1 aliphatic carbocycles. The second-order valence-electron chi connectivity index (χ2n) is 4.23. The maximum absolute atomic E-state index is 11.9. The highest BCUT2D eigenvalue weighted by Gasteiger charge is 2.27. The van der Waals surface area contributed by atoms with Crippen molar-refractivity contribution in [3.8, 4) is 5.75 Å². The van der Waals surface area contributed by atoms with Crippen LogP contribution in [0.3, 0.4) is 0 Å². The van der Waals surface area contributed by atoms with Crippen molar-refractivity contribution >= 4 is 17.5 Å². The maximum atomic E-state index is 11.9. The topological polar surface area (TPSA) is 38.3 Å². The van der Waals surface area contributed by atoms with Gasteiger partial charge in [0.1, 0.15) is 5.75 Å². The predicted octanol–water partition coefficient (Wildman–Crippen LogP) is 2.78. The van der Waals surface area contributed by atoms with Gasteiger partial charge in [-0.1, -0.05) is 30.7 Å². The summed E-state index contributed by atoms with van der Waals surface area (Å²) < 4.78 is 5.64. The first-order valence-corrected chi connectivity index (χ1v) is 6.30. The van der Waals surface area contributed by atoms with E-state index >= 15 is 0 Å². The van der Waals surface area contributed by atoms with E-state index in [9.17, 15) is 4.79 Å². The van der Waals surface area contributed by atoms with Gasteiger partial charge in [0.25, 0.3) is 5.91 Å². The van der Waals surface area contributed by atoms with E-state index in [4.69, 9.17) is 16.3 Å². The molecule has 3 nitrogen and oxygen atoms in total. The van der Waals surface area contributed by atoms with E-state index in [1.54, 1.807) is 12.1 Å². The number of para-hydroxylation sites is 1. The smallest absolute Gasteiger partial charge is 0.261 e. The van der Waals surface area contributed by atoms with E-state index in [1.165, 1.54) is 0 Å². The third kappa shape index (κ3) is 3.37. The van der Waals surface area contributed by atoms with Gasteiger partial charge in [-0.2, -0.15) is 0 Å². The highest BCUT2D eigenvalue weighted by atomic mass is 35.5. The quantitative estimate of drug-likeness (QED) is 0.876. The Morgan fingerprint density at radius 2 is 2.24 bits per heavy atom. The number of nitrogens with one attached hydrogen (secondary N) is 1. The fraction of sp³-hybridized carbons (Fsp3) is 0.462. The first-order valence-electron chi connectivity index (χ1n) is 5.92. The van der Waals surface area contributed by atoms with Gasteiger partial charge in [-0.3, -0.25) is 4.79 Å². The van der Waals surface area contributed by atoms with Crippen LogP contribution in [-0.4, -0.2) is 18.1 Å². The van der Waals surface area contributed by atoms with Crippen LogP contribution in [-0.2, 0) is 4.79 Å². The van der Waals surface area contributed by atoms with Gasteiger partial charge in [-0.15, -0.1) is 0 Å². The van der Waals surface area contributed by atoms with E-state index in [2.05, 4.69) is 5.32 Å². The lowest BCUT2D eigenvalue weighted by Gasteiger charge is -2.17. The zero-order valence-electron chi connectivity index (χ0n) is 9.78. The lowest BCUT2D eigenvalue weighted by Crippen LogP contribution is -2.39. The van der Waals surface area contributed by atoms with Gasteiger partial charge in [0.05, 0.1) is 5.02 Å². The van der Waals surface area contributed by atoms with Crippen LogP contribution >= 0.6 is 11.6 Å². The van der Waals surface area contributed by atoms with Gasteiger partial charge in [0, 0.05) is 6.04 Å². The SMILES string of the molecule is CCC(Oc1ccccc1Cl)C(=O)NC1CC1. The Hall–Kier alpha value is -1.22. The summed E-state index contributed by atoms with van der Waals surface area (Å²) in [5, 5.41) is 3.47. The van der Waals surface area contributed by atoms with Crippen LogP contribution in [0, 0.1) is 0 Å². The standard InChI is InChI=1S/C13H16ClNO2/c1-2-11(13(16)15-9-7-8-9)17-12-6-4-3-5-10(12)14/h3-6,9,11H,2,7-8H2,1H3,(H,15,16). The van der Waals surface area contributed by atoms with Crippen LogP contribution in [0.5, 0.6) is 5.75 Å². The van der Waals surface area contributed by atoms with Gasteiger partial charge < -0.3 is 10.1 Å². The zero-order chi connectivity index (χ0) is 12.3. The van der Waals surface area contributed by atoms with Crippen molar-refractivity contribution in [3.05, 3.63) is 29.3 Å². The van der Waals surface area contributed by atoms with E-state index < -0.39 is 6.10 Å². The molecule has 1 amide bonds. The number of carbonyl (C=O) groups is 1. The summed E-state index contributed by atoms with van der Waals surface area (Å²) >= 11 is 5.99. The van der Waals surface area contributed by atoms with Gasteiger partial charge in [0.2, 0.25) is 0 Å². The molecule has 0 aromatic heterocycles. The lowest BCUT2D eigenvalue weighted by atomic mass is 10.2. The van der Waals surface area contributed by atoms with Crippen LogP contribution in [0.15, 0.2) is 24.3 Å². The van der Waals surface area contributed by atoms with Gasteiger partial charge in [0.15, 0.2) is 6.10 Å². The van der Waals surface area contributed by atoms with Gasteiger partial charge in [-0.25, -0.2) is 0 Å². The third-order valence-corrected chi connectivity index (χ3v) is 3.01. The molecule has 0 radical (unpaired) electrons. The molecule has 92 valence electrons. The maximum Gasteiger partial charge on any atom is 0.261 e. The number of amides is 1. The molecule has 1 N–H and O–H groups in total. The molecule has 1 aromatic rings. The van der Waals surface area contributed by atoms with E-state index in [0.29, 0.717) is 23.2 Å². The van der Waals surface area contributed by atoms with Crippen molar-refractivity contribution in [1.82, 2.24) is 5.32 Å². The molecular formula is C13H16ClNO2. The molecular weight excluding hydrogens is 238 g/mol. The Morgan fingerprint density at radius 1 is 1.53 bits per heavy atom. The number of hydrogen-bond acceptors (Lipinski definition) is 2. The fourth-order valence-corrected chi connectivity index (χ4v) is 1.72. The van der Waals surface area contributed by atoms with E-state index in [0.717, 1.165) is 12.8 Å². The first kappa shape index (κ1) is 12.2. The molecule has 17 heavy (non-hydrogen) atoms. The molecule has 1 saturated carbocycles. The summed E-state index contributed by atoms with van der Waals surface area (Å²) in [5.74, 6) is 0.516. The molecule has 0 aliphatic heterocycles. The first-order chi connectivity index (χ1) is 8.20. The molecule has 0 bridgehead atoms. The molecule has 1 atom stereocenters. The number of rotatable bonds is 5. The molecule has 2 rings (SSSR count). The monoisotopic (exact) mass is 253 g/mol. The van der Waals surface area contributed by atoms with Crippen LogP contribution in [0.2, 0.25) is 5.02 Å². The minimum Gasteiger partial charge on any atom is -0.479 e. The van der Waals surface area contributed by atoms with Crippen molar-refractivity contribution < 1.29 is 9.53 Å².